The Kier molecular flexibility index (Phi) is 6.33. The molecule has 0 spiro atoms. The Morgan fingerprint density at radius 1 is 1.33 bits per heavy atom. The molecule has 2 aliphatic heterocycles. The van der Waals surface area contributed by atoms with Crippen molar-refractivity contribution in [3.8, 4) is 0 Å². The first-order valence-corrected chi connectivity index (χ1v) is 12.7. The first-order valence-electron chi connectivity index (χ1n) is 10.8. The molecule has 184 valence electrons. The summed E-state index contributed by atoms with van der Waals surface area (Å²) >= 11 is 2.50. The lowest BCUT2D eigenvalue weighted by Crippen LogP contribution is -2.71. The number of aromatic nitrogens is 2. The van der Waals surface area contributed by atoms with Crippen LogP contribution in [0.4, 0.5) is 5.13 Å². The Morgan fingerprint density at radius 2 is 2.11 bits per heavy atom. The lowest BCUT2D eigenvalue weighted by atomic mass is 10.0. The third-order valence-corrected chi connectivity index (χ3v) is 7.82. The van der Waals surface area contributed by atoms with Gasteiger partial charge >= 0.3 is 0 Å². The number of nitrogens with two attached hydrogens (primary N) is 1. The van der Waals surface area contributed by atoms with Gasteiger partial charge in [0, 0.05) is 28.2 Å². The third kappa shape index (κ3) is 4.27. The van der Waals surface area contributed by atoms with Crippen molar-refractivity contribution in [1.82, 2.24) is 15.2 Å². The number of nitrogens with zero attached hydrogens (tertiary/aromatic N) is 4. The van der Waals surface area contributed by atoms with Gasteiger partial charge < -0.3 is 25.8 Å². The average molecular weight is 525 g/mol. The Morgan fingerprint density at radius 3 is 2.81 bits per heavy atom. The minimum absolute atomic E-state index is 0.137. The number of nitrogens with one attached hydrogen (secondary N) is 1. The Bertz CT molecular complexity index is 1450. The van der Waals surface area contributed by atoms with E-state index in [4.69, 9.17) is 10.6 Å². The number of nitrogen functional groups attached to an aromatic ring is 1. The summed E-state index contributed by atoms with van der Waals surface area (Å²) in [6, 6.07) is 8.85. The van der Waals surface area contributed by atoms with Crippen molar-refractivity contribution < 1.29 is 28.9 Å². The first kappa shape index (κ1) is 23.8. The number of carboxylic acid groups (broad SMARTS) is 1. The summed E-state index contributed by atoms with van der Waals surface area (Å²) < 4.78 is 1.87. The minimum atomic E-state index is -1.44. The number of carbonyl (C=O) groups excluding carboxylic acids is 3. The maximum atomic E-state index is 13.0. The van der Waals surface area contributed by atoms with Crippen molar-refractivity contribution >= 4 is 62.5 Å². The Hall–Kier alpha value is -3.97. The predicted octanol–water partition coefficient (Wildman–Crippen LogP) is -0.379. The van der Waals surface area contributed by atoms with E-state index >= 15 is 0 Å². The number of fused-ring (bicyclic) bond motifs is 2. The smallest absolute Gasteiger partial charge is 0.276 e. The lowest BCUT2D eigenvalue weighted by molar-refractivity contribution is -0.687. The van der Waals surface area contributed by atoms with Crippen molar-refractivity contribution in [2.24, 2.45) is 5.16 Å². The van der Waals surface area contributed by atoms with E-state index in [1.54, 1.807) is 5.38 Å². The van der Waals surface area contributed by atoms with Gasteiger partial charge in [-0.15, -0.1) is 23.1 Å². The molecule has 1 aromatic carbocycles. The molecule has 2 aromatic heterocycles. The van der Waals surface area contributed by atoms with Gasteiger partial charge in [0.05, 0.1) is 11.7 Å². The molecule has 0 aliphatic carbocycles. The van der Waals surface area contributed by atoms with Crippen molar-refractivity contribution in [1.29, 1.82) is 0 Å². The second-order valence-electron chi connectivity index (χ2n) is 8.04. The standard InChI is InChI=1S/C23H20N6O5S2/c1-34-27-16(15-11-36-23(24)25-15)19(30)26-17-20(31)29-18(22(32)33)14(10-35-21(17)29)9-28-7-6-12-4-2-3-5-13(12)8-28/h2-8,11,17,21H,9-10H2,1H3,(H3-,24,25,26,30,32,33)/t17?,21-/m0/s1. The number of hydrogen-bond acceptors (Lipinski definition) is 10. The maximum Gasteiger partial charge on any atom is 0.276 e. The molecule has 1 unspecified atom stereocenters. The highest BCUT2D eigenvalue weighted by Gasteiger charge is 2.53. The maximum absolute atomic E-state index is 13.0. The van der Waals surface area contributed by atoms with Gasteiger partial charge in [-0.3, -0.25) is 14.5 Å². The second kappa shape index (κ2) is 9.59. The number of thiazole rings is 1. The number of benzene rings is 1. The zero-order chi connectivity index (χ0) is 25.4. The first-order chi connectivity index (χ1) is 17.4. The van der Waals surface area contributed by atoms with E-state index in [1.807, 2.05) is 47.3 Å². The number of aliphatic carboxylic acids is 1. The van der Waals surface area contributed by atoms with Gasteiger partial charge in [-0.2, -0.15) is 0 Å². The van der Waals surface area contributed by atoms with E-state index in [-0.39, 0.29) is 28.8 Å². The minimum Gasteiger partial charge on any atom is -0.543 e. The Balaban J connectivity index is 1.36. The molecule has 1 fully saturated rings. The normalized spacial score (nSPS) is 19.6. The van der Waals surface area contributed by atoms with E-state index in [9.17, 15) is 19.5 Å². The summed E-state index contributed by atoms with van der Waals surface area (Å²) in [6.45, 7) is 0.282. The monoisotopic (exact) mass is 524 g/mol. The molecule has 0 saturated carbocycles. The van der Waals surface area contributed by atoms with Crippen molar-refractivity contribution in [3.05, 3.63) is 65.1 Å². The molecule has 2 atom stereocenters. The summed E-state index contributed by atoms with van der Waals surface area (Å²) in [7, 11) is 1.28. The third-order valence-electron chi connectivity index (χ3n) is 5.81. The molecule has 4 heterocycles. The summed E-state index contributed by atoms with van der Waals surface area (Å²) in [4.78, 5) is 47.9. The molecule has 11 nitrogen and oxygen atoms in total. The summed E-state index contributed by atoms with van der Waals surface area (Å²) in [5, 5.41) is 21.7. The fourth-order valence-corrected chi connectivity index (χ4v) is 6.07. The van der Waals surface area contributed by atoms with Crippen LogP contribution in [0.2, 0.25) is 0 Å². The predicted molar refractivity (Wildman–Crippen MR) is 131 cm³/mol. The van der Waals surface area contributed by atoms with Crippen molar-refractivity contribution in [2.45, 2.75) is 18.0 Å². The molecular weight excluding hydrogens is 504 g/mol. The molecule has 3 N–H and O–H groups in total. The number of pyridine rings is 1. The van der Waals surface area contributed by atoms with Crippen molar-refractivity contribution in [3.63, 3.8) is 0 Å². The highest BCUT2D eigenvalue weighted by Crippen LogP contribution is 2.40. The fourth-order valence-electron chi connectivity index (χ4n) is 4.19. The van der Waals surface area contributed by atoms with Crippen LogP contribution in [0.15, 0.2) is 64.5 Å². The molecule has 36 heavy (non-hydrogen) atoms. The average Bonchev–Trinajstić information content (AvgIpc) is 3.30. The number of β-lactam (4-membered cyclic amide) rings is 1. The van der Waals surface area contributed by atoms with Crippen LogP contribution < -0.4 is 20.7 Å². The Labute approximate surface area is 213 Å². The lowest BCUT2D eigenvalue weighted by Gasteiger charge is -2.50. The number of carboxylic acids is 1. The highest BCUT2D eigenvalue weighted by molar-refractivity contribution is 8.00. The fraction of sp³-hybridized carbons (Fsp3) is 0.217. The number of carbonyl (C=O) groups is 3. The number of anilines is 1. The van der Waals surface area contributed by atoms with Gasteiger partial charge in [-0.25, -0.2) is 9.55 Å². The number of hydrogen-bond donors (Lipinski definition) is 2. The number of oxime groups is 1. The molecule has 0 radical (unpaired) electrons. The number of amides is 2. The second-order valence-corrected chi connectivity index (χ2v) is 10.0. The van der Waals surface area contributed by atoms with Gasteiger partial charge in [-0.1, -0.05) is 23.4 Å². The molecule has 3 aromatic rings. The van der Waals surface area contributed by atoms with Gasteiger partial charge in [0.2, 0.25) is 0 Å². The topological polar surface area (TPSA) is 154 Å². The van der Waals surface area contributed by atoms with Gasteiger partial charge in [0.1, 0.15) is 24.2 Å². The molecule has 13 heteroatoms. The van der Waals surface area contributed by atoms with Gasteiger partial charge in [0.25, 0.3) is 11.8 Å². The van der Waals surface area contributed by atoms with Gasteiger partial charge in [-0.05, 0) is 11.5 Å². The van der Waals surface area contributed by atoms with Crippen LogP contribution in [-0.4, -0.2) is 57.7 Å². The van der Waals surface area contributed by atoms with Crippen LogP contribution in [-0.2, 0) is 25.8 Å². The SMILES string of the molecule is CON=C(C(=O)NC1C(=O)N2C(C(=O)[O-])=C(C[n+]3ccc4ccccc4c3)CS[C@@H]12)c1csc(N)n1. The summed E-state index contributed by atoms with van der Waals surface area (Å²) in [6.07, 6.45) is 3.79. The number of thioether (sulfide) groups is 1. The van der Waals surface area contributed by atoms with Crippen molar-refractivity contribution in [2.75, 3.05) is 18.6 Å². The molecule has 2 aliphatic rings. The zero-order valence-corrected chi connectivity index (χ0v) is 20.5. The van der Waals surface area contributed by atoms with Crippen LogP contribution in [0, 0.1) is 0 Å². The van der Waals surface area contributed by atoms with E-state index < -0.39 is 29.2 Å². The highest BCUT2D eigenvalue weighted by atomic mass is 32.2. The van der Waals surface area contributed by atoms with E-state index in [0.29, 0.717) is 11.3 Å². The largest absolute Gasteiger partial charge is 0.543 e. The molecule has 5 rings (SSSR count). The van der Waals surface area contributed by atoms with E-state index in [0.717, 1.165) is 22.1 Å². The molecule has 2 amide bonds. The van der Waals surface area contributed by atoms with Gasteiger partial charge in [0.15, 0.2) is 29.8 Å². The van der Waals surface area contributed by atoms with Crippen LogP contribution in [0.3, 0.4) is 0 Å². The van der Waals surface area contributed by atoms with Crippen LogP contribution in [0.1, 0.15) is 5.69 Å². The molecule has 0 bridgehead atoms. The van der Waals surface area contributed by atoms with Crippen LogP contribution in [0.5, 0.6) is 0 Å². The summed E-state index contributed by atoms with van der Waals surface area (Å²) in [5.41, 5.74) is 6.11. The van der Waals surface area contributed by atoms with Crippen LogP contribution in [0.25, 0.3) is 10.8 Å². The molecule has 1 saturated heterocycles. The molecular formula is C23H20N6O5S2. The summed E-state index contributed by atoms with van der Waals surface area (Å²) in [5.74, 6) is -2.31. The quantitative estimate of drug-likeness (QED) is 0.184. The van der Waals surface area contributed by atoms with E-state index in [2.05, 4.69) is 15.5 Å². The number of rotatable bonds is 7. The zero-order valence-electron chi connectivity index (χ0n) is 18.9. The van der Waals surface area contributed by atoms with Crippen LogP contribution >= 0.6 is 23.1 Å². The van der Waals surface area contributed by atoms with E-state index in [1.165, 1.54) is 23.8 Å².